The topological polar surface area (TPSA) is 105 Å². The molecule has 0 saturated carbocycles. The summed E-state index contributed by atoms with van der Waals surface area (Å²) in [7, 11) is 0. The zero-order chi connectivity index (χ0) is 10.7. The molecule has 0 aliphatic carbocycles. The Bertz CT molecular complexity index is 394. The monoisotopic (exact) mass is 199 g/mol. The van der Waals surface area contributed by atoms with Gasteiger partial charge in [0, 0.05) is 6.07 Å². The minimum atomic E-state index is -1.35. The first-order chi connectivity index (χ1) is 6.50. The number of carbonyl (C=O) groups excluding carboxylic acids is 1. The fraction of sp³-hybridized carbons (Fsp3) is 0. The summed E-state index contributed by atoms with van der Waals surface area (Å²) in [6, 6.07) is 0.821. The third-order valence-corrected chi connectivity index (χ3v) is 1.33. The van der Waals surface area contributed by atoms with Crippen molar-refractivity contribution in [3.63, 3.8) is 0 Å². The molecule has 1 rings (SSSR count). The summed E-state index contributed by atoms with van der Waals surface area (Å²) in [5.41, 5.74) is 4.19. The molecule has 6 nitrogen and oxygen atoms in total. The molecule has 0 fully saturated rings. The number of primary amides is 1. The molecule has 0 unspecified atom stereocenters. The number of hydrogen-bond acceptors (Lipinski definition) is 3. The standard InChI is InChI=1S/C7H6FN3O3/c8-4-1-3(11-7(13)14)2-10-5(4)6(9)12/h1-2,11H,(H2,9,12)(H,13,14). The Morgan fingerprint density at radius 2 is 2.21 bits per heavy atom. The average molecular weight is 199 g/mol. The van der Waals surface area contributed by atoms with E-state index in [1.165, 1.54) is 0 Å². The van der Waals surface area contributed by atoms with Crippen LogP contribution in [-0.4, -0.2) is 22.1 Å². The van der Waals surface area contributed by atoms with Crippen LogP contribution in [0.3, 0.4) is 0 Å². The van der Waals surface area contributed by atoms with Gasteiger partial charge in [0.1, 0.15) is 0 Å². The quantitative estimate of drug-likeness (QED) is 0.641. The van der Waals surface area contributed by atoms with E-state index in [0.717, 1.165) is 12.3 Å². The highest BCUT2D eigenvalue weighted by atomic mass is 19.1. The van der Waals surface area contributed by atoms with E-state index in [0.29, 0.717) is 0 Å². The van der Waals surface area contributed by atoms with Crippen LogP contribution in [0.25, 0.3) is 0 Å². The molecule has 14 heavy (non-hydrogen) atoms. The first kappa shape index (κ1) is 9.90. The minimum absolute atomic E-state index is 0.0694. The van der Waals surface area contributed by atoms with Gasteiger partial charge in [0.2, 0.25) is 0 Å². The maximum atomic E-state index is 13.0. The lowest BCUT2D eigenvalue weighted by molar-refractivity contribution is 0.0991. The van der Waals surface area contributed by atoms with Crippen LogP contribution >= 0.6 is 0 Å². The first-order valence-corrected chi connectivity index (χ1v) is 3.46. The van der Waals surface area contributed by atoms with E-state index in [4.69, 9.17) is 10.8 Å². The van der Waals surface area contributed by atoms with E-state index >= 15 is 0 Å². The molecule has 0 spiro atoms. The molecule has 0 aromatic carbocycles. The highest BCUT2D eigenvalue weighted by molar-refractivity contribution is 5.91. The van der Waals surface area contributed by atoms with Crippen molar-refractivity contribution in [2.45, 2.75) is 0 Å². The summed E-state index contributed by atoms with van der Waals surface area (Å²) in [5, 5.41) is 10.2. The molecule has 0 saturated heterocycles. The lowest BCUT2D eigenvalue weighted by atomic mass is 10.3. The predicted molar refractivity (Wildman–Crippen MR) is 44.4 cm³/mol. The molecule has 74 valence electrons. The number of anilines is 1. The van der Waals surface area contributed by atoms with Gasteiger partial charge in [-0.25, -0.2) is 14.2 Å². The number of nitrogens with one attached hydrogen (secondary N) is 1. The van der Waals surface area contributed by atoms with Gasteiger partial charge in [-0.3, -0.25) is 10.1 Å². The number of amides is 2. The second kappa shape index (κ2) is 3.69. The molecule has 0 aliphatic heterocycles. The van der Waals surface area contributed by atoms with E-state index in [9.17, 15) is 14.0 Å². The smallest absolute Gasteiger partial charge is 0.409 e. The van der Waals surface area contributed by atoms with Crippen LogP contribution in [0.1, 0.15) is 10.5 Å². The van der Waals surface area contributed by atoms with Gasteiger partial charge < -0.3 is 10.8 Å². The maximum Gasteiger partial charge on any atom is 0.409 e. The number of aromatic nitrogens is 1. The first-order valence-electron chi connectivity index (χ1n) is 3.46. The van der Waals surface area contributed by atoms with Crippen molar-refractivity contribution in [2.24, 2.45) is 5.73 Å². The molecule has 4 N–H and O–H groups in total. The third-order valence-electron chi connectivity index (χ3n) is 1.33. The molecular formula is C7H6FN3O3. The van der Waals surface area contributed by atoms with E-state index < -0.39 is 23.5 Å². The number of nitrogens with zero attached hydrogens (tertiary/aromatic N) is 1. The van der Waals surface area contributed by atoms with Crippen LogP contribution in [0.4, 0.5) is 14.9 Å². The Balaban J connectivity index is 3.00. The molecule has 1 heterocycles. The SMILES string of the molecule is NC(=O)c1ncc(NC(=O)O)cc1F. The van der Waals surface area contributed by atoms with E-state index in [2.05, 4.69) is 4.98 Å². The van der Waals surface area contributed by atoms with E-state index in [-0.39, 0.29) is 5.69 Å². The molecule has 0 radical (unpaired) electrons. The molecule has 1 aromatic rings. The third kappa shape index (κ3) is 2.16. The normalized spacial score (nSPS) is 9.50. The van der Waals surface area contributed by atoms with Crippen LogP contribution < -0.4 is 11.1 Å². The minimum Gasteiger partial charge on any atom is -0.465 e. The van der Waals surface area contributed by atoms with Crippen molar-refractivity contribution >= 4 is 17.7 Å². The largest absolute Gasteiger partial charge is 0.465 e. The highest BCUT2D eigenvalue weighted by Crippen LogP contribution is 2.10. The molecule has 0 aliphatic rings. The van der Waals surface area contributed by atoms with Gasteiger partial charge in [0.25, 0.3) is 5.91 Å². The number of nitrogens with two attached hydrogens (primary N) is 1. The fourth-order valence-electron chi connectivity index (χ4n) is 0.811. The van der Waals surface area contributed by atoms with Crippen LogP contribution in [0.2, 0.25) is 0 Å². The van der Waals surface area contributed by atoms with Gasteiger partial charge in [0.05, 0.1) is 11.9 Å². The summed E-state index contributed by atoms with van der Waals surface area (Å²) in [6.07, 6.45) is -0.352. The van der Waals surface area contributed by atoms with Crippen LogP contribution in [-0.2, 0) is 0 Å². The molecule has 7 heteroatoms. The van der Waals surface area contributed by atoms with Gasteiger partial charge >= 0.3 is 6.09 Å². The molecule has 0 bridgehead atoms. The zero-order valence-electron chi connectivity index (χ0n) is 6.82. The molecule has 1 aromatic heterocycles. The van der Waals surface area contributed by atoms with Crippen molar-refractivity contribution in [1.82, 2.24) is 4.98 Å². The summed E-state index contributed by atoms with van der Waals surface area (Å²) >= 11 is 0. The Morgan fingerprint density at radius 1 is 1.57 bits per heavy atom. The van der Waals surface area contributed by atoms with E-state index in [1.807, 2.05) is 5.32 Å². The Morgan fingerprint density at radius 3 is 2.64 bits per heavy atom. The van der Waals surface area contributed by atoms with Crippen molar-refractivity contribution in [1.29, 1.82) is 0 Å². The highest BCUT2D eigenvalue weighted by Gasteiger charge is 2.11. The average Bonchev–Trinajstić information content (AvgIpc) is 2.01. The number of rotatable bonds is 2. The van der Waals surface area contributed by atoms with Crippen molar-refractivity contribution < 1.29 is 19.1 Å². The Hall–Kier alpha value is -2.18. The Labute approximate surface area is 77.6 Å². The van der Waals surface area contributed by atoms with Crippen LogP contribution in [0.5, 0.6) is 0 Å². The van der Waals surface area contributed by atoms with Crippen LogP contribution in [0, 0.1) is 5.82 Å². The lowest BCUT2D eigenvalue weighted by Gasteiger charge is -2.01. The number of hydrogen-bond donors (Lipinski definition) is 3. The van der Waals surface area contributed by atoms with Crippen LogP contribution in [0.15, 0.2) is 12.3 Å². The van der Waals surface area contributed by atoms with Gasteiger partial charge in [-0.2, -0.15) is 0 Å². The number of carbonyl (C=O) groups is 2. The Kier molecular flexibility index (Phi) is 2.61. The van der Waals surface area contributed by atoms with Gasteiger partial charge in [-0.05, 0) is 0 Å². The van der Waals surface area contributed by atoms with Gasteiger partial charge in [-0.1, -0.05) is 0 Å². The summed E-state index contributed by atoms with van der Waals surface area (Å²) < 4.78 is 13.0. The molecular weight excluding hydrogens is 193 g/mol. The summed E-state index contributed by atoms with van der Waals surface area (Å²) in [4.78, 5) is 24.0. The second-order valence-electron chi connectivity index (χ2n) is 2.35. The predicted octanol–water partition coefficient (Wildman–Crippen LogP) is 0.410. The molecule has 2 amide bonds. The zero-order valence-corrected chi connectivity index (χ0v) is 6.82. The van der Waals surface area contributed by atoms with Gasteiger partial charge in [0.15, 0.2) is 11.5 Å². The maximum absolute atomic E-state index is 13.0. The van der Waals surface area contributed by atoms with Gasteiger partial charge in [-0.15, -0.1) is 0 Å². The fourth-order valence-corrected chi connectivity index (χ4v) is 0.811. The summed E-state index contributed by atoms with van der Waals surface area (Å²) in [6.45, 7) is 0. The second-order valence-corrected chi connectivity index (χ2v) is 2.35. The van der Waals surface area contributed by atoms with Crippen molar-refractivity contribution in [3.05, 3.63) is 23.8 Å². The summed E-state index contributed by atoms with van der Waals surface area (Å²) in [5.74, 6) is -1.98. The van der Waals surface area contributed by atoms with Crippen molar-refractivity contribution in [3.8, 4) is 0 Å². The number of pyridine rings is 1. The molecule has 0 atom stereocenters. The lowest BCUT2D eigenvalue weighted by Crippen LogP contribution is -2.16. The number of carboxylic acid groups (broad SMARTS) is 1. The van der Waals surface area contributed by atoms with E-state index in [1.54, 1.807) is 0 Å². The number of halogens is 1. The van der Waals surface area contributed by atoms with Crippen molar-refractivity contribution in [2.75, 3.05) is 5.32 Å².